The number of hydrogen-bond donors (Lipinski definition) is 1. The Hall–Kier alpha value is -2.64. The van der Waals surface area contributed by atoms with Crippen molar-refractivity contribution in [2.24, 2.45) is 0 Å². The molecule has 1 N–H and O–H groups in total. The van der Waals surface area contributed by atoms with Crippen LogP contribution in [0.4, 0.5) is 4.39 Å². The van der Waals surface area contributed by atoms with Crippen molar-refractivity contribution in [1.29, 1.82) is 0 Å². The van der Waals surface area contributed by atoms with Gasteiger partial charge in [0.2, 0.25) is 0 Å². The zero-order chi connectivity index (χ0) is 16.3. The summed E-state index contributed by atoms with van der Waals surface area (Å²) in [6, 6.07) is 14.5. The second-order valence-corrected chi connectivity index (χ2v) is 5.00. The van der Waals surface area contributed by atoms with Gasteiger partial charge < -0.3 is 9.84 Å². The fraction of sp³-hybridized carbons (Fsp3) is 0.188. The highest BCUT2D eigenvalue weighted by atomic mass is 19.1. The van der Waals surface area contributed by atoms with E-state index in [4.69, 9.17) is 4.74 Å². The van der Waals surface area contributed by atoms with E-state index in [2.05, 4.69) is 15.5 Å². The molecule has 0 radical (unpaired) electrons. The van der Waals surface area contributed by atoms with Crippen molar-refractivity contribution >= 4 is 0 Å². The molecule has 0 aliphatic rings. The molecule has 0 spiro atoms. The summed E-state index contributed by atoms with van der Waals surface area (Å²) in [5.74, 6) is -0.196. The van der Waals surface area contributed by atoms with Crippen molar-refractivity contribution in [3.63, 3.8) is 0 Å². The van der Waals surface area contributed by atoms with Gasteiger partial charge in [-0.25, -0.2) is 4.39 Å². The van der Waals surface area contributed by atoms with Gasteiger partial charge in [0.15, 0.2) is 11.4 Å². The maximum Gasteiger partial charge on any atom is 0.194 e. The minimum absolute atomic E-state index is 0.0820. The molecule has 0 aliphatic carbocycles. The van der Waals surface area contributed by atoms with Crippen molar-refractivity contribution in [2.45, 2.75) is 12.3 Å². The van der Waals surface area contributed by atoms with E-state index in [1.54, 1.807) is 24.3 Å². The number of hydrogen-bond acceptors (Lipinski definition) is 5. The summed E-state index contributed by atoms with van der Waals surface area (Å²) in [5, 5.41) is 22.9. The molecule has 0 amide bonds. The van der Waals surface area contributed by atoms with Crippen LogP contribution in [0.2, 0.25) is 0 Å². The van der Waals surface area contributed by atoms with Gasteiger partial charge in [0, 0.05) is 7.11 Å². The molecule has 3 aromatic rings. The summed E-state index contributed by atoms with van der Waals surface area (Å²) >= 11 is 0. The lowest BCUT2D eigenvalue weighted by Gasteiger charge is -2.28. The van der Waals surface area contributed by atoms with Crippen LogP contribution in [-0.4, -0.2) is 32.4 Å². The number of halogens is 1. The van der Waals surface area contributed by atoms with Crippen LogP contribution in [-0.2, 0) is 17.1 Å². The van der Waals surface area contributed by atoms with Crippen molar-refractivity contribution in [3.05, 3.63) is 77.4 Å². The lowest BCUT2D eigenvalue weighted by Crippen LogP contribution is -2.33. The number of benzene rings is 2. The molecule has 0 fully saturated rings. The Balaban J connectivity index is 2.21. The first-order valence-electron chi connectivity index (χ1n) is 6.96. The van der Waals surface area contributed by atoms with E-state index in [0.717, 1.165) is 0 Å². The number of tetrazole rings is 1. The highest BCUT2D eigenvalue weighted by Gasteiger charge is 2.39. The topological polar surface area (TPSA) is 73.1 Å². The maximum atomic E-state index is 13.3. The molecule has 2 aromatic carbocycles. The Morgan fingerprint density at radius 1 is 1.09 bits per heavy atom. The predicted molar refractivity (Wildman–Crippen MR) is 79.8 cm³/mol. The van der Waals surface area contributed by atoms with E-state index in [1.807, 2.05) is 6.07 Å². The Labute approximate surface area is 132 Å². The van der Waals surface area contributed by atoms with Gasteiger partial charge in [0.25, 0.3) is 0 Å². The molecule has 1 atom stereocenters. The number of ether oxygens (including phenoxy) is 1. The van der Waals surface area contributed by atoms with Crippen LogP contribution in [0.15, 0.2) is 54.6 Å². The summed E-state index contributed by atoms with van der Waals surface area (Å²) in [5.41, 5.74) is -0.604. The minimum atomic E-state index is -1.63. The highest BCUT2D eigenvalue weighted by Crippen LogP contribution is 2.35. The summed E-state index contributed by atoms with van der Waals surface area (Å²) in [4.78, 5) is 0. The maximum absolute atomic E-state index is 13.3. The first-order chi connectivity index (χ1) is 11.2. The van der Waals surface area contributed by atoms with Crippen molar-refractivity contribution in [1.82, 2.24) is 20.2 Å². The summed E-state index contributed by atoms with van der Waals surface area (Å²) in [7, 11) is 1.50. The molecule has 0 aliphatic heterocycles. The summed E-state index contributed by atoms with van der Waals surface area (Å²) < 4.78 is 19.7. The van der Waals surface area contributed by atoms with Crippen LogP contribution in [0.5, 0.6) is 0 Å². The second-order valence-electron chi connectivity index (χ2n) is 5.00. The van der Waals surface area contributed by atoms with Crippen molar-refractivity contribution < 1.29 is 14.2 Å². The fourth-order valence-electron chi connectivity index (χ4n) is 2.47. The molecule has 118 valence electrons. The van der Waals surface area contributed by atoms with Gasteiger partial charge in [0.05, 0.1) is 0 Å². The lowest BCUT2D eigenvalue weighted by atomic mass is 9.85. The van der Waals surface area contributed by atoms with Crippen molar-refractivity contribution in [3.8, 4) is 0 Å². The molecule has 1 heterocycles. The van der Waals surface area contributed by atoms with E-state index in [1.165, 1.54) is 36.1 Å². The average molecular weight is 314 g/mol. The smallest absolute Gasteiger partial charge is 0.194 e. The Morgan fingerprint density at radius 3 is 2.39 bits per heavy atom. The van der Waals surface area contributed by atoms with Crippen LogP contribution < -0.4 is 0 Å². The van der Waals surface area contributed by atoms with Gasteiger partial charge in [-0.1, -0.05) is 42.5 Å². The third kappa shape index (κ3) is 2.71. The monoisotopic (exact) mass is 314 g/mol. The molecule has 6 nitrogen and oxygen atoms in total. The van der Waals surface area contributed by atoms with E-state index in [0.29, 0.717) is 11.1 Å². The molecule has 0 saturated carbocycles. The Morgan fingerprint density at radius 2 is 1.74 bits per heavy atom. The number of methoxy groups -OCH3 is 1. The number of nitrogens with zero attached hydrogens (tertiary/aromatic N) is 4. The molecular weight excluding hydrogens is 299 g/mol. The van der Waals surface area contributed by atoms with Gasteiger partial charge in [-0.15, -0.1) is 5.10 Å². The lowest BCUT2D eigenvalue weighted by molar-refractivity contribution is 0.0773. The van der Waals surface area contributed by atoms with Gasteiger partial charge in [-0.3, -0.25) is 0 Å². The molecule has 7 heteroatoms. The standard InChI is InChI=1S/C16H15FN4O2/c1-23-11-21-15(18-19-20-21)16(22,12-5-3-2-4-6-12)13-7-9-14(17)10-8-13/h2-10,22H,11H2,1H3. The first kappa shape index (κ1) is 15.3. The van der Waals surface area contributed by atoms with Crippen LogP contribution in [0, 0.1) is 5.82 Å². The quantitative estimate of drug-likeness (QED) is 0.776. The van der Waals surface area contributed by atoms with Crippen LogP contribution >= 0.6 is 0 Å². The van der Waals surface area contributed by atoms with E-state index in [-0.39, 0.29) is 18.4 Å². The normalized spacial score (nSPS) is 13.7. The Bertz CT molecular complexity index is 776. The fourth-order valence-corrected chi connectivity index (χ4v) is 2.47. The van der Waals surface area contributed by atoms with E-state index < -0.39 is 5.60 Å². The van der Waals surface area contributed by atoms with E-state index >= 15 is 0 Å². The molecule has 0 bridgehead atoms. The average Bonchev–Trinajstić information content (AvgIpc) is 3.05. The second kappa shape index (κ2) is 6.23. The number of rotatable bonds is 5. The van der Waals surface area contributed by atoms with Gasteiger partial charge in [-0.05, 0) is 33.7 Å². The van der Waals surface area contributed by atoms with Gasteiger partial charge in [-0.2, -0.15) is 4.68 Å². The SMILES string of the molecule is COCn1nnnc1C(O)(c1ccccc1)c1ccc(F)cc1. The highest BCUT2D eigenvalue weighted by molar-refractivity contribution is 5.42. The third-order valence-electron chi connectivity index (χ3n) is 3.56. The van der Waals surface area contributed by atoms with Crippen LogP contribution in [0.25, 0.3) is 0 Å². The van der Waals surface area contributed by atoms with E-state index in [9.17, 15) is 9.50 Å². The Kier molecular flexibility index (Phi) is 4.14. The molecule has 23 heavy (non-hydrogen) atoms. The first-order valence-corrected chi connectivity index (χ1v) is 6.96. The molecular formula is C16H15FN4O2. The zero-order valence-corrected chi connectivity index (χ0v) is 12.4. The van der Waals surface area contributed by atoms with Crippen LogP contribution in [0.3, 0.4) is 0 Å². The largest absolute Gasteiger partial charge is 0.373 e. The molecule has 1 aromatic heterocycles. The molecule has 1 unspecified atom stereocenters. The predicted octanol–water partition coefficient (Wildman–Crippen LogP) is 1.70. The number of aromatic nitrogens is 4. The van der Waals surface area contributed by atoms with Crippen LogP contribution in [0.1, 0.15) is 17.0 Å². The molecule has 0 saturated heterocycles. The van der Waals surface area contributed by atoms with Crippen molar-refractivity contribution in [2.75, 3.05) is 7.11 Å². The number of aliphatic hydroxyl groups is 1. The van der Waals surface area contributed by atoms with Gasteiger partial charge >= 0.3 is 0 Å². The minimum Gasteiger partial charge on any atom is -0.373 e. The summed E-state index contributed by atoms with van der Waals surface area (Å²) in [6.07, 6.45) is 0. The zero-order valence-electron chi connectivity index (χ0n) is 12.4. The third-order valence-corrected chi connectivity index (χ3v) is 3.56. The summed E-state index contributed by atoms with van der Waals surface area (Å²) in [6.45, 7) is 0.0820. The molecule has 3 rings (SSSR count). The van der Waals surface area contributed by atoms with Gasteiger partial charge in [0.1, 0.15) is 12.5 Å².